The molecule has 7 nitrogen and oxygen atoms in total. The van der Waals surface area contributed by atoms with Crippen LogP contribution in [0, 0.1) is 0 Å². The summed E-state index contributed by atoms with van der Waals surface area (Å²) in [7, 11) is -3.82. The number of sulfonamides is 1. The van der Waals surface area contributed by atoms with E-state index in [9.17, 15) is 18.0 Å². The van der Waals surface area contributed by atoms with Crippen molar-refractivity contribution in [2.75, 3.05) is 17.1 Å². The molecule has 0 saturated carbocycles. The van der Waals surface area contributed by atoms with Gasteiger partial charge in [-0.05, 0) is 65.2 Å². The summed E-state index contributed by atoms with van der Waals surface area (Å²) in [6.45, 7) is 3.38. The first-order chi connectivity index (χ1) is 18.0. The van der Waals surface area contributed by atoms with Gasteiger partial charge in [-0.2, -0.15) is 0 Å². The first kappa shape index (κ1) is 29.9. The van der Waals surface area contributed by atoms with Crippen molar-refractivity contribution in [3.8, 4) is 0 Å². The maximum atomic E-state index is 14.0. The fourth-order valence-corrected chi connectivity index (χ4v) is 5.71. The molecular formula is C28H31Br2N3O4S. The molecule has 1 N–H and O–H groups in total. The Balaban J connectivity index is 2.06. The minimum atomic E-state index is -3.82. The molecule has 2 amide bonds. The van der Waals surface area contributed by atoms with Crippen LogP contribution >= 0.6 is 31.9 Å². The van der Waals surface area contributed by atoms with Crippen molar-refractivity contribution in [3.05, 3.63) is 98.9 Å². The number of nitrogens with one attached hydrogen (secondary N) is 1. The predicted molar refractivity (Wildman–Crippen MR) is 158 cm³/mol. The average molecular weight is 665 g/mol. The molecule has 3 aromatic rings. The Hall–Kier alpha value is -2.69. The van der Waals surface area contributed by atoms with Crippen molar-refractivity contribution in [2.24, 2.45) is 0 Å². The van der Waals surface area contributed by atoms with Crippen LogP contribution < -0.4 is 9.62 Å². The minimum Gasteiger partial charge on any atom is -0.352 e. The number of carbonyl (C=O) groups excluding carboxylic acids is 2. The lowest BCUT2D eigenvalue weighted by Gasteiger charge is -2.34. The number of benzene rings is 3. The van der Waals surface area contributed by atoms with E-state index >= 15 is 0 Å². The molecule has 0 radical (unpaired) electrons. The number of hydrogen-bond acceptors (Lipinski definition) is 4. The monoisotopic (exact) mass is 663 g/mol. The van der Waals surface area contributed by atoms with Crippen molar-refractivity contribution in [1.29, 1.82) is 0 Å². The van der Waals surface area contributed by atoms with Crippen molar-refractivity contribution in [1.82, 2.24) is 10.2 Å². The summed E-state index contributed by atoms with van der Waals surface area (Å²) in [5.41, 5.74) is 2.04. The van der Waals surface area contributed by atoms with Crippen LogP contribution in [0.3, 0.4) is 0 Å². The van der Waals surface area contributed by atoms with E-state index < -0.39 is 28.5 Å². The van der Waals surface area contributed by atoms with E-state index in [0.717, 1.165) is 26.2 Å². The topological polar surface area (TPSA) is 86.8 Å². The molecule has 0 saturated heterocycles. The number of nitrogens with zero attached hydrogens (tertiary/aromatic N) is 2. The summed E-state index contributed by atoms with van der Waals surface area (Å²) < 4.78 is 28.1. The molecular weight excluding hydrogens is 634 g/mol. The van der Waals surface area contributed by atoms with Crippen molar-refractivity contribution < 1.29 is 18.0 Å². The van der Waals surface area contributed by atoms with E-state index in [2.05, 4.69) is 37.2 Å². The Morgan fingerprint density at radius 1 is 0.868 bits per heavy atom. The van der Waals surface area contributed by atoms with E-state index in [1.165, 1.54) is 4.90 Å². The van der Waals surface area contributed by atoms with E-state index in [1.807, 2.05) is 68.4 Å². The second-order valence-corrected chi connectivity index (χ2v) is 12.9. The number of rotatable bonds is 11. The third kappa shape index (κ3) is 8.41. The van der Waals surface area contributed by atoms with Crippen LogP contribution in [-0.4, -0.2) is 50.0 Å². The van der Waals surface area contributed by atoms with E-state index in [1.54, 1.807) is 24.3 Å². The fraction of sp³-hybridized carbons (Fsp3) is 0.286. The Labute approximate surface area is 241 Å². The van der Waals surface area contributed by atoms with Crippen LogP contribution in [-0.2, 0) is 32.6 Å². The first-order valence-electron chi connectivity index (χ1n) is 12.1. The van der Waals surface area contributed by atoms with Gasteiger partial charge in [0.15, 0.2) is 0 Å². The molecule has 10 heteroatoms. The zero-order valence-electron chi connectivity index (χ0n) is 21.5. The molecule has 0 aliphatic rings. The SMILES string of the molecule is CC(C)NC(=O)[C@@H](Cc1ccccc1)N(Cc1ccc(Br)cc1)C(=O)CN(c1ccccc1Br)S(C)(=O)=O. The Kier molecular flexibility index (Phi) is 10.5. The summed E-state index contributed by atoms with van der Waals surface area (Å²) in [4.78, 5) is 29.0. The average Bonchev–Trinajstić information content (AvgIpc) is 2.85. The van der Waals surface area contributed by atoms with Crippen LogP contribution in [0.25, 0.3) is 0 Å². The molecule has 0 aliphatic heterocycles. The highest BCUT2D eigenvalue weighted by Crippen LogP contribution is 2.28. The quantitative estimate of drug-likeness (QED) is 0.308. The molecule has 3 rings (SSSR count). The maximum Gasteiger partial charge on any atom is 0.244 e. The summed E-state index contributed by atoms with van der Waals surface area (Å²) in [5, 5.41) is 2.94. The number of para-hydroxylation sites is 1. The fourth-order valence-electron chi connectivity index (χ4n) is 3.97. The van der Waals surface area contributed by atoms with Gasteiger partial charge in [0.2, 0.25) is 21.8 Å². The van der Waals surface area contributed by atoms with Gasteiger partial charge in [0.25, 0.3) is 0 Å². The van der Waals surface area contributed by atoms with Crippen LogP contribution in [0.5, 0.6) is 0 Å². The van der Waals surface area contributed by atoms with E-state index in [0.29, 0.717) is 10.2 Å². The summed E-state index contributed by atoms with van der Waals surface area (Å²) in [6.07, 6.45) is 1.33. The smallest absolute Gasteiger partial charge is 0.244 e. The Bertz CT molecular complexity index is 1350. The molecule has 0 heterocycles. The highest BCUT2D eigenvalue weighted by atomic mass is 79.9. The second kappa shape index (κ2) is 13.4. The lowest BCUT2D eigenvalue weighted by Crippen LogP contribution is -2.54. The maximum absolute atomic E-state index is 14.0. The number of hydrogen-bond donors (Lipinski definition) is 1. The van der Waals surface area contributed by atoms with Crippen molar-refractivity contribution in [2.45, 2.75) is 38.9 Å². The third-order valence-electron chi connectivity index (χ3n) is 5.77. The van der Waals surface area contributed by atoms with Crippen LogP contribution in [0.15, 0.2) is 87.8 Å². The van der Waals surface area contributed by atoms with Gasteiger partial charge in [-0.3, -0.25) is 13.9 Å². The Morgan fingerprint density at radius 3 is 2.05 bits per heavy atom. The second-order valence-electron chi connectivity index (χ2n) is 9.24. The van der Waals surface area contributed by atoms with Crippen LogP contribution in [0.4, 0.5) is 5.69 Å². The van der Waals surface area contributed by atoms with Crippen molar-refractivity contribution in [3.63, 3.8) is 0 Å². The van der Waals surface area contributed by atoms with Gasteiger partial charge in [0.1, 0.15) is 12.6 Å². The van der Waals surface area contributed by atoms with Crippen LogP contribution in [0.1, 0.15) is 25.0 Å². The summed E-state index contributed by atoms with van der Waals surface area (Å²) in [6, 6.07) is 22.7. The van der Waals surface area contributed by atoms with Gasteiger partial charge in [0.05, 0.1) is 11.9 Å². The minimum absolute atomic E-state index is 0.128. The number of anilines is 1. The molecule has 0 unspecified atom stereocenters. The zero-order chi connectivity index (χ0) is 27.9. The molecule has 1 atom stereocenters. The highest BCUT2D eigenvalue weighted by molar-refractivity contribution is 9.10. The summed E-state index contributed by atoms with van der Waals surface area (Å²) >= 11 is 6.83. The van der Waals surface area contributed by atoms with Gasteiger partial charge < -0.3 is 10.2 Å². The highest BCUT2D eigenvalue weighted by Gasteiger charge is 2.33. The normalized spacial score (nSPS) is 12.2. The summed E-state index contributed by atoms with van der Waals surface area (Å²) in [5.74, 6) is -0.796. The van der Waals surface area contributed by atoms with Gasteiger partial charge in [0, 0.05) is 28.0 Å². The standard InChI is InChI=1S/C28H31Br2N3O4S/c1-20(2)31-28(35)26(17-21-9-5-4-6-10-21)32(18-22-13-15-23(29)16-14-22)27(34)19-33(38(3,36)37)25-12-8-7-11-24(25)30/h4-16,20,26H,17-19H2,1-3H3,(H,31,35)/t26-/m1/s1. The number of amides is 2. The molecule has 0 aliphatic carbocycles. The van der Waals surface area contributed by atoms with Gasteiger partial charge in [-0.15, -0.1) is 0 Å². The number of carbonyl (C=O) groups is 2. The lowest BCUT2D eigenvalue weighted by molar-refractivity contribution is -0.140. The van der Waals surface area contributed by atoms with E-state index in [-0.39, 0.29) is 24.9 Å². The predicted octanol–water partition coefficient (Wildman–Crippen LogP) is 5.14. The molecule has 0 fully saturated rings. The number of halogens is 2. The lowest BCUT2D eigenvalue weighted by atomic mass is 10.0. The van der Waals surface area contributed by atoms with Gasteiger partial charge in [-0.25, -0.2) is 8.42 Å². The first-order valence-corrected chi connectivity index (χ1v) is 15.5. The van der Waals surface area contributed by atoms with E-state index in [4.69, 9.17) is 0 Å². The molecule has 3 aromatic carbocycles. The van der Waals surface area contributed by atoms with Crippen LogP contribution in [0.2, 0.25) is 0 Å². The third-order valence-corrected chi connectivity index (χ3v) is 8.09. The molecule has 0 spiro atoms. The molecule has 202 valence electrons. The largest absolute Gasteiger partial charge is 0.352 e. The van der Waals surface area contributed by atoms with Gasteiger partial charge >= 0.3 is 0 Å². The van der Waals surface area contributed by atoms with Gasteiger partial charge in [-0.1, -0.05) is 70.5 Å². The molecule has 0 bridgehead atoms. The van der Waals surface area contributed by atoms with Crippen molar-refractivity contribution >= 4 is 59.4 Å². The zero-order valence-corrected chi connectivity index (χ0v) is 25.5. The Morgan fingerprint density at radius 2 is 1.47 bits per heavy atom. The molecule has 38 heavy (non-hydrogen) atoms. The molecule has 0 aromatic heterocycles.